The molecule has 1 unspecified atom stereocenters. The summed E-state index contributed by atoms with van der Waals surface area (Å²) in [5, 5.41) is 0. The largest absolute Gasteiger partial charge is 0.741 e. The van der Waals surface area contributed by atoms with Gasteiger partial charge in [0.1, 0.15) is 6.20 Å². The van der Waals surface area contributed by atoms with Gasteiger partial charge in [-0.25, -0.2) is 8.42 Å². The van der Waals surface area contributed by atoms with E-state index in [2.05, 4.69) is 32.3 Å². The molecule has 0 aliphatic carbocycles. The Hall–Kier alpha value is -0.860. The second kappa shape index (κ2) is 10.0. The van der Waals surface area contributed by atoms with Gasteiger partial charge in [0.05, 0.1) is 12.7 Å². The summed E-state index contributed by atoms with van der Waals surface area (Å²) in [5.41, 5.74) is -4.11. The minimum absolute atomic E-state index is 1.27. The van der Waals surface area contributed by atoms with Crippen LogP contribution in [0.2, 0.25) is 0 Å². The van der Waals surface area contributed by atoms with Gasteiger partial charge in [-0.3, -0.25) is 4.90 Å². The van der Waals surface area contributed by atoms with Gasteiger partial charge in [0.25, 0.3) is 0 Å². The van der Waals surface area contributed by atoms with Crippen LogP contribution in [0, 0.1) is 0 Å². The van der Waals surface area contributed by atoms with Crippen LogP contribution in [-0.2, 0) is 10.1 Å². The first-order valence-corrected chi connectivity index (χ1v) is 8.79. The third-order valence-electron chi connectivity index (χ3n) is 3.05. The van der Waals surface area contributed by atoms with Crippen molar-refractivity contribution in [3.8, 4) is 0 Å². The Balaban J connectivity index is 0.000000472. The topological polar surface area (TPSA) is 61.6 Å². The molecule has 0 spiro atoms. The summed E-state index contributed by atoms with van der Waals surface area (Å²) < 4.78 is 58.9. The summed E-state index contributed by atoms with van der Waals surface area (Å²) in [6.45, 7) is 5.79. The predicted molar refractivity (Wildman–Crippen MR) is 77.9 cm³/mol. The minimum Gasteiger partial charge on any atom is -0.741 e. The molecule has 0 aromatic carbocycles. The first kappa shape index (κ1) is 21.1. The van der Waals surface area contributed by atoms with Crippen LogP contribution >= 0.6 is 0 Å². The third-order valence-corrected chi connectivity index (χ3v) is 3.62. The fraction of sp³-hybridized carbons (Fsp3) is 0.714. The molecule has 22 heavy (non-hydrogen) atoms. The monoisotopic (exact) mass is 343 g/mol. The van der Waals surface area contributed by atoms with E-state index in [-0.39, 0.29) is 0 Å². The van der Waals surface area contributed by atoms with E-state index >= 15 is 0 Å². The number of unbranched alkanes of at least 4 members (excludes halogenated alkanes) is 3. The molecule has 1 aliphatic rings. The number of nitrogens with one attached hydrogen (secondary N) is 1. The van der Waals surface area contributed by atoms with Crippen LogP contribution in [0.5, 0.6) is 0 Å². The van der Waals surface area contributed by atoms with Crippen LogP contribution in [0.25, 0.3) is 0 Å². The number of hydrogen-bond donors (Lipinski definition) is 1. The molecule has 0 saturated carbocycles. The maximum atomic E-state index is 10.7. The highest BCUT2D eigenvalue weighted by atomic mass is 32.2. The third kappa shape index (κ3) is 9.22. The highest BCUT2D eigenvalue weighted by Crippen LogP contribution is 2.20. The van der Waals surface area contributed by atoms with Crippen molar-refractivity contribution in [1.82, 2.24) is 0 Å². The summed E-state index contributed by atoms with van der Waals surface area (Å²) in [6.07, 6.45) is 15.0. The van der Waals surface area contributed by atoms with Gasteiger partial charge in [-0.15, -0.1) is 0 Å². The van der Waals surface area contributed by atoms with E-state index in [1.54, 1.807) is 10.5 Å². The van der Waals surface area contributed by atoms with Crippen molar-refractivity contribution >= 4 is 10.1 Å². The van der Waals surface area contributed by atoms with Crippen molar-refractivity contribution in [2.24, 2.45) is 0 Å². The molecule has 130 valence electrons. The molecule has 0 bridgehead atoms. The maximum Gasteiger partial charge on any atom is 0.485 e. The van der Waals surface area contributed by atoms with Crippen molar-refractivity contribution in [3.63, 3.8) is 0 Å². The highest BCUT2D eigenvalue weighted by Gasteiger charge is 2.36. The molecule has 0 aromatic rings. The summed E-state index contributed by atoms with van der Waals surface area (Å²) >= 11 is 0. The Kier molecular flexibility index (Phi) is 9.63. The summed E-state index contributed by atoms with van der Waals surface area (Å²) in [4.78, 5) is 1.55. The minimum atomic E-state index is -6.09. The molecule has 4 nitrogen and oxygen atoms in total. The summed E-state index contributed by atoms with van der Waals surface area (Å²) in [5.74, 6) is 0. The molecule has 1 rings (SSSR count). The van der Waals surface area contributed by atoms with Gasteiger partial charge in [-0.1, -0.05) is 26.7 Å². The van der Waals surface area contributed by atoms with Crippen LogP contribution in [0.4, 0.5) is 13.2 Å². The second-order valence-corrected chi connectivity index (χ2v) is 6.46. The van der Waals surface area contributed by atoms with Crippen molar-refractivity contribution in [1.29, 1.82) is 0 Å². The first-order valence-electron chi connectivity index (χ1n) is 7.38. The first-order chi connectivity index (χ1) is 10.1. The lowest BCUT2D eigenvalue weighted by atomic mass is 10.1. The van der Waals surface area contributed by atoms with Crippen LogP contribution < -0.4 is 4.90 Å². The molecule has 0 fully saturated rings. The standard InChI is InChI=1S/C13H23N.CHF3O3S/c1-3-5-7-10-14-11-9-13(12-14)8-6-4-2;2-1(3,4)8(5,6)7/h9,11-12H,3-8,10H2,1-2H3;(H,5,6,7). The Labute approximate surface area is 130 Å². The molecule has 8 heteroatoms. The lowest BCUT2D eigenvalue weighted by molar-refractivity contribution is -0.788. The highest BCUT2D eigenvalue weighted by molar-refractivity contribution is 7.86. The van der Waals surface area contributed by atoms with Crippen molar-refractivity contribution in [2.75, 3.05) is 6.54 Å². The SMILES string of the molecule is CCCCC[NH+]1C=CC(CCCC)=C1.O=S(=O)([O-])C(F)(F)F. The van der Waals surface area contributed by atoms with E-state index in [1.807, 2.05) is 0 Å². The fourth-order valence-corrected chi connectivity index (χ4v) is 1.82. The zero-order valence-corrected chi connectivity index (χ0v) is 13.8. The average Bonchev–Trinajstić information content (AvgIpc) is 2.83. The van der Waals surface area contributed by atoms with Crippen molar-refractivity contribution in [3.05, 3.63) is 24.0 Å². The van der Waals surface area contributed by atoms with E-state index < -0.39 is 15.6 Å². The van der Waals surface area contributed by atoms with E-state index in [1.165, 1.54) is 45.1 Å². The molecule has 1 atom stereocenters. The van der Waals surface area contributed by atoms with Crippen LogP contribution in [-0.4, -0.2) is 25.0 Å². The molecule has 0 saturated heterocycles. The molecule has 1 aliphatic heterocycles. The van der Waals surface area contributed by atoms with Gasteiger partial charge in [-0.2, -0.15) is 13.2 Å². The van der Waals surface area contributed by atoms with Crippen molar-refractivity contribution < 1.29 is 31.0 Å². The Morgan fingerprint density at radius 2 is 1.68 bits per heavy atom. The zero-order valence-electron chi connectivity index (χ0n) is 12.9. The van der Waals surface area contributed by atoms with Gasteiger partial charge in [-0.05, 0) is 25.7 Å². The molecule has 0 aromatic heterocycles. The smallest absolute Gasteiger partial charge is 0.485 e. The van der Waals surface area contributed by atoms with Crippen molar-refractivity contribution in [2.45, 2.75) is 57.9 Å². The second-order valence-electron chi connectivity index (χ2n) is 5.09. The molecule has 0 radical (unpaired) electrons. The Morgan fingerprint density at radius 1 is 1.14 bits per heavy atom. The molecule has 1 heterocycles. The number of hydrogen-bond acceptors (Lipinski definition) is 3. The van der Waals surface area contributed by atoms with Crippen LogP contribution in [0.15, 0.2) is 24.0 Å². The lowest BCUT2D eigenvalue weighted by Crippen LogP contribution is -3.01. The Morgan fingerprint density at radius 3 is 2.14 bits per heavy atom. The summed E-state index contributed by atoms with van der Waals surface area (Å²) in [6, 6.07) is 0. The van der Waals surface area contributed by atoms with Crippen LogP contribution in [0.1, 0.15) is 52.4 Å². The van der Waals surface area contributed by atoms with Gasteiger partial charge in [0, 0.05) is 11.6 Å². The zero-order chi connectivity index (χ0) is 17.2. The quantitative estimate of drug-likeness (QED) is 0.439. The molecule has 1 N–H and O–H groups in total. The van der Waals surface area contributed by atoms with Gasteiger partial charge in [0.15, 0.2) is 10.1 Å². The maximum absolute atomic E-state index is 10.7. The number of rotatable bonds is 7. The van der Waals surface area contributed by atoms with E-state index in [4.69, 9.17) is 13.0 Å². The van der Waals surface area contributed by atoms with E-state index in [0.29, 0.717) is 0 Å². The van der Waals surface area contributed by atoms with E-state index in [9.17, 15) is 13.2 Å². The van der Waals surface area contributed by atoms with Gasteiger partial charge < -0.3 is 4.55 Å². The molecule has 0 amide bonds. The molecular weight excluding hydrogens is 319 g/mol. The summed E-state index contributed by atoms with van der Waals surface area (Å²) in [7, 11) is -6.09. The van der Waals surface area contributed by atoms with Crippen LogP contribution in [0.3, 0.4) is 0 Å². The van der Waals surface area contributed by atoms with E-state index in [0.717, 1.165) is 0 Å². The number of halogens is 3. The predicted octanol–water partition coefficient (Wildman–Crippen LogP) is 2.71. The molecular formula is C14H24F3NO3S. The fourth-order valence-electron chi connectivity index (χ4n) is 1.82. The van der Waals surface area contributed by atoms with Gasteiger partial charge in [0.2, 0.25) is 0 Å². The normalized spacial score (nSPS) is 17.9. The number of quaternary nitrogens is 1. The Bertz CT molecular complexity index is 470. The number of allylic oxidation sites excluding steroid dienone is 2. The van der Waals surface area contributed by atoms with Gasteiger partial charge >= 0.3 is 5.51 Å². The lowest BCUT2D eigenvalue weighted by Gasteiger charge is -2.08. The average molecular weight is 343 g/mol. The number of alkyl halides is 3.